The molecule has 0 aliphatic rings. The van der Waals surface area contributed by atoms with Gasteiger partial charge in [-0.2, -0.15) is 0 Å². The molecule has 0 aliphatic heterocycles. The fourth-order valence-electron chi connectivity index (χ4n) is 3.98. The Kier molecular flexibility index (Phi) is 9.88. The molecule has 0 unspecified atom stereocenters. The first-order chi connectivity index (χ1) is 17.6. The minimum Gasteiger partial charge on any atom is -0.355 e. The van der Waals surface area contributed by atoms with Gasteiger partial charge in [-0.25, -0.2) is 8.42 Å². The van der Waals surface area contributed by atoms with E-state index in [4.69, 9.17) is 0 Å². The predicted molar refractivity (Wildman–Crippen MR) is 151 cm³/mol. The van der Waals surface area contributed by atoms with Gasteiger partial charge in [0.05, 0.1) is 11.9 Å². The molecule has 1 N–H and O–H groups in total. The molecule has 0 saturated carbocycles. The number of halogens is 1. The third-order valence-corrected chi connectivity index (χ3v) is 7.69. The Balaban J connectivity index is 2.04. The molecule has 0 bridgehead atoms. The zero-order valence-electron chi connectivity index (χ0n) is 21.2. The van der Waals surface area contributed by atoms with Crippen molar-refractivity contribution in [2.24, 2.45) is 0 Å². The number of hydrogen-bond acceptors (Lipinski definition) is 4. The van der Waals surface area contributed by atoms with Gasteiger partial charge in [0.15, 0.2) is 0 Å². The molecule has 196 valence electrons. The van der Waals surface area contributed by atoms with E-state index in [1.165, 1.54) is 4.90 Å². The molecule has 3 aromatic carbocycles. The molecule has 0 fully saturated rings. The summed E-state index contributed by atoms with van der Waals surface area (Å²) in [6.45, 7) is 3.91. The van der Waals surface area contributed by atoms with Crippen molar-refractivity contribution in [1.29, 1.82) is 0 Å². The highest BCUT2D eigenvalue weighted by Crippen LogP contribution is 2.28. The number of benzene rings is 3. The van der Waals surface area contributed by atoms with Gasteiger partial charge in [0.1, 0.15) is 12.6 Å². The molecule has 1 atom stereocenters. The van der Waals surface area contributed by atoms with Gasteiger partial charge in [-0.1, -0.05) is 72.3 Å². The van der Waals surface area contributed by atoms with E-state index in [-0.39, 0.29) is 18.9 Å². The van der Waals surface area contributed by atoms with Gasteiger partial charge >= 0.3 is 0 Å². The van der Waals surface area contributed by atoms with Crippen molar-refractivity contribution in [3.05, 3.63) is 100 Å². The van der Waals surface area contributed by atoms with Crippen LogP contribution in [0.3, 0.4) is 0 Å². The summed E-state index contributed by atoms with van der Waals surface area (Å²) in [4.78, 5) is 28.7. The van der Waals surface area contributed by atoms with Crippen LogP contribution in [0.25, 0.3) is 0 Å². The highest BCUT2D eigenvalue weighted by atomic mass is 79.9. The van der Waals surface area contributed by atoms with E-state index in [0.717, 1.165) is 27.3 Å². The number of aryl methyl sites for hydroxylation is 1. The number of carbonyl (C=O) groups excluding carboxylic acids is 2. The van der Waals surface area contributed by atoms with Gasteiger partial charge in [0.2, 0.25) is 21.8 Å². The summed E-state index contributed by atoms with van der Waals surface area (Å²) in [5.74, 6) is -0.771. The van der Waals surface area contributed by atoms with Gasteiger partial charge in [-0.3, -0.25) is 13.9 Å². The van der Waals surface area contributed by atoms with Crippen LogP contribution in [0.1, 0.15) is 23.6 Å². The van der Waals surface area contributed by atoms with E-state index in [1.54, 1.807) is 24.3 Å². The number of likely N-dealkylation sites (N-methyl/N-ethyl adjacent to an activating group) is 1. The van der Waals surface area contributed by atoms with Crippen molar-refractivity contribution < 1.29 is 18.0 Å². The number of carbonyl (C=O) groups is 2. The highest BCUT2D eigenvalue weighted by molar-refractivity contribution is 9.10. The number of hydrogen-bond donors (Lipinski definition) is 1. The van der Waals surface area contributed by atoms with Crippen molar-refractivity contribution in [3.8, 4) is 0 Å². The number of para-hydroxylation sites is 1. The quantitative estimate of drug-likeness (QED) is 0.363. The summed E-state index contributed by atoms with van der Waals surface area (Å²) in [5.41, 5.74) is 3.16. The fraction of sp³-hybridized carbons (Fsp3) is 0.286. The van der Waals surface area contributed by atoms with Gasteiger partial charge in [0.25, 0.3) is 0 Å². The predicted octanol–water partition coefficient (Wildman–Crippen LogP) is 4.30. The van der Waals surface area contributed by atoms with Crippen molar-refractivity contribution in [2.45, 2.75) is 32.9 Å². The summed E-state index contributed by atoms with van der Waals surface area (Å²) in [6, 6.07) is 23.2. The van der Waals surface area contributed by atoms with Crippen LogP contribution in [0, 0.1) is 6.92 Å². The van der Waals surface area contributed by atoms with Crippen LogP contribution < -0.4 is 9.62 Å². The molecule has 7 nitrogen and oxygen atoms in total. The number of sulfonamides is 1. The maximum atomic E-state index is 13.9. The van der Waals surface area contributed by atoms with E-state index in [1.807, 2.05) is 68.4 Å². The Morgan fingerprint density at radius 1 is 0.919 bits per heavy atom. The molecule has 2 amide bonds. The van der Waals surface area contributed by atoms with Gasteiger partial charge in [0, 0.05) is 24.0 Å². The van der Waals surface area contributed by atoms with Crippen LogP contribution >= 0.6 is 15.9 Å². The Hall–Kier alpha value is -3.17. The number of nitrogens with zero attached hydrogens (tertiary/aromatic N) is 2. The lowest BCUT2D eigenvalue weighted by Crippen LogP contribution is -2.53. The van der Waals surface area contributed by atoms with Crippen molar-refractivity contribution in [1.82, 2.24) is 10.2 Å². The number of rotatable bonds is 11. The summed E-state index contributed by atoms with van der Waals surface area (Å²) in [5, 5.41) is 2.85. The average Bonchev–Trinajstić information content (AvgIpc) is 2.86. The van der Waals surface area contributed by atoms with E-state index in [2.05, 4.69) is 21.2 Å². The maximum absolute atomic E-state index is 13.9. The summed E-state index contributed by atoms with van der Waals surface area (Å²) in [6.07, 6.45) is 1.35. The summed E-state index contributed by atoms with van der Waals surface area (Å²) < 4.78 is 27.2. The van der Waals surface area contributed by atoms with Crippen molar-refractivity contribution in [2.75, 3.05) is 23.7 Å². The second-order valence-corrected chi connectivity index (χ2v) is 11.6. The van der Waals surface area contributed by atoms with Crippen LogP contribution in [0.2, 0.25) is 0 Å². The molecule has 0 spiro atoms. The summed E-state index contributed by atoms with van der Waals surface area (Å²) in [7, 11) is -3.81. The third kappa shape index (κ3) is 7.90. The third-order valence-electron chi connectivity index (χ3n) is 5.90. The first kappa shape index (κ1) is 28.4. The smallest absolute Gasteiger partial charge is 0.244 e. The Labute approximate surface area is 227 Å². The van der Waals surface area contributed by atoms with Crippen LogP contribution in [-0.2, 0) is 32.6 Å². The van der Waals surface area contributed by atoms with Gasteiger partial charge in [-0.15, -0.1) is 0 Å². The molecule has 0 aliphatic carbocycles. The largest absolute Gasteiger partial charge is 0.355 e. The standard InChI is InChI=1S/C28H32BrN3O4S/c1-4-30-28(34)26(18-22-10-6-5-7-11-22)31(19-23-16-14-21(2)15-17-23)27(33)20-32(37(3,35)36)25-13-9-8-12-24(25)29/h5-17,26H,4,18-20H2,1-3H3,(H,30,34)/t26-/m1/s1. The first-order valence-electron chi connectivity index (χ1n) is 12.0. The molecule has 37 heavy (non-hydrogen) atoms. The van der Waals surface area contributed by atoms with Crippen LogP contribution in [0.5, 0.6) is 0 Å². The molecule has 3 rings (SSSR count). The minimum absolute atomic E-state index is 0.154. The van der Waals surface area contributed by atoms with E-state index in [9.17, 15) is 18.0 Å². The lowest BCUT2D eigenvalue weighted by Gasteiger charge is -2.33. The SMILES string of the molecule is CCNC(=O)[C@@H](Cc1ccccc1)N(Cc1ccc(C)cc1)C(=O)CN(c1ccccc1Br)S(C)(=O)=O. The minimum atomic E-state index is -3.81. The van der Waals surface area contributed by atoms with E-state index < -0.39 is 28.5 Å². The molecule has 9 heteroatoms. The maximum Gasteiger partial charge on any atom is 0.244 e. The second kappa shape index (κ2) is 12.9. The number of anilines is 1. The van der Waals surface area contributed by atoms with E-state index in [0.29, 0.717) is 16.7 Å². The second-order valence-electron chi connectivity index (χ2n) is 8.83. The molecule has 0 heterocycles. The van der Waals surface area contributed by atoms with Crippen molar-refractivity contribution in [3.63, 3.8) is 0 Å². The fourth-order valence-corrected chi connectivity index (χ4v) is 5.46. The zero-order chi connectivity index (χ0) is 27.0. The van der Waals surface area contributed by atoms with E-state index >= 15 is 0 Å². The Bertz CT molecular complexity index is 1310. The lowest BCUT2D eigenvalue weighted by atomic mass is 10.0. The van der Waals surface area contributed by atoms with Crippen LogP contribution in [-0.4, -0.2) is 50.5 Å². The molecular formula is C28H32BrN3O4S. The first-order valence-corrected chi connectivity index (χ1v) is 14.6. The molecule has 3 aromatic rings. The Morgan fingerprint density at radius 3 is 2.14 bits per heavy atom. The van der Waals surface area contributed by atoms with Crippen molar-refractivity contribution >= 4 is 43.5 Å². The Morgan fingerprint density at radius 2 is 1.54 bits per heavy atom. The van der Waals surface area contributed by atoms with Crippen LogP contribution in [0.15, 0.2) is 83.3 Å². The zero-order valence-corrected chi connectivity index (χ0v) is 23.6. The normalized spacial score (nSPS) is 12.0. The molecule has 0 saturated heterocycles. The molecule has 0 aromatic heterocycles. The molecular weight excluding hydrogens is 554 g/mol. The topological polar surface area (TPSA) is 86.8 Å². The monoisotopic (exact) mass is 585 g/mol. The number of amides is 2. The highest BCUT2D eigenvalue weighted by Gasteiger charge is 2.33. The lowest BCUT2D eigenvalue weighted by molar-refractivity contribution is -0.140. The summed E-state index contributed by atoms with van der Waals surface area (Å²) >= 11 is 3.40. The molecule has 0 radical (unpaired) electrons. The van der Waals surface area contributed by atoms with Gasteiger partial charge < -0.3 is 10.2 Å². The average molecular weight is 587 g/mol. The number of nitrogens with one attached hydrogen (secondary N) is 1. The van der Waals surface area contributed by atoms with Crippen LogP contribution in [0.4, 0.5) is 5.69 Å². The van der Waals surface area contributed by atoms with Gasteiger partial charge in [-0.05, 0) is 53.0 Å².